The standard InChI is InChI=1S/C57H57BN3S.C13H11FN.Ir/c1-54(2,3)38-19-23-42(24-20-38)60-46-26-21-39(55(4,5)6)30-43(46)58-44-31-41(57(10,11)12)33-51-53(44)61(47-27-22-40(56(7,8)9)32-50(47)62-51)49-29-37(28-48(60)52(49)58)36-18-25-45(59-34-36)35-16-14-13-15-17-35;1-9-7-13(15-8-10(9)2)11-3-5-12(14)6-4-11;/h13-16,18-34H,1-12H3;3,5-8H,1-2H3;/q2*-1;. The predicted octanol–water partition coefficient (Wildman–Crippen LogP) is 17.3. The van der Waals surface area contributed by atoms with Crippen molar-refractivity contribution in [3.63, 3.8) is 0 Å². The molecule has 1 radical (unpaired) electrons. The van der Waals surface area contributed by atoms with Crippen molar-refractivity contribution in [1.29, 1.82) is 0 Å². The SMILES string of the molecule is CC(C)(C)c1ccc(N2c3ccc(C(C)(C)C)cc3B3c4cc(C(C)(C)C)cc5c4N(c4ccc(C(C)(C)C)cc4S5)c4cc(-c5ccc(-c6[c-]cccc6)nc5)cc2c43)cc1.Cc1cnc(-c2[c-]cc(F)cc2)cc1C.[Ir]. The normalized spacial score (nSPS) is 13.3. The maximum atomic E-state index is 12.7. The van der Waals surface area contributed by atoms with Gasteiger partial charge in [-0.1, -0.05) is 155 Å². The molecule has 0 amide bonds. The maximum absolute atomic E-state index is 12.7. The van der Waals surface area contributed by atoms with E-state index in [1.807, 2.05) is 62.3 Å². The molecule has 0 N–H and O–H groups in total. The summed E-state index contributed by atoms with van der Waals surface area (Å²) in [7, 11) is 0. The Kier molecular flexibility index (Phi) is 14.2. The number of fused-ring (bicyclic) bond motifs is 6. The van der Waals surface area contributed by atoms with Crippen LogP contribution in [-0.4, -0.2) is 16.7 Å². The van der Waals surface area contributed by atoms with E-state index in [4.69, 9.17) is 4.98 Å². The summed E-state index contributed by atoms with van der Waals surface area (Å²) in [5, 5.41) is 0. The number of aromatic nitrogens is 2. The Bertz CT molecular complexity index is 3730. The summed E-state index contributed by atoms with van der Waals surface area (Å²) in [5.74, 6) is -0.275. The van der Waals surface area contributed by atoms with Crippen LogP contribution < -0.4 is 26.2 Å². The average Bonchev–Trinajstić information content (AvgIpc) is 2.94. The Morgan fingerprint density at radius 2 is 1.09 bits per heavy atom. The van der Waals surface area contributed by atoms with Gasteiger partial charge in [0.15, 0.2) is 0 Å². The Hall–Kier alpha value is -6.57. The van der Waals surface area contributed by atoms with Gasteiger partial charge >= 0.3 is 0 Å². The van der Waals surface area contributed by atoms with Crippen molar-refractivity contribution in [3.8, 4) is 33.6 Å². The molecule has 0 saturated carbocycles. The second-order valence-electron chi connectivity index (χ2n) is 25.3. The van der Waals surface area contributed by atoms with Crippen LogP contribution in [0.3, 0.4) is 0 Å². The number of aryl methyl sites for hydroxylation is 2. The van der Waals surface area contributed by atoms with Gasteiger partial charge in [0.05, 0.1) is 11.4 Å². The molecular formula is C70H68BFIrN4S-2. The van der Waals surface area contributed by atoms with E-state index >= 15 is 0 Å². The first-order valence-corrected chi connectivity index (χ1v) is 27.8. The molecule has 0 spiro atoms. The van der Waals surface area contributed by atoms with Crippen molar-refractivity contribution in [2.24, 2.45) is 0 Å². The zero-order chi connectivity index (χ0) is 54.5. The van der Waals surface area contributed by atoms with Crippen LogP contribution in [0.5, 0.6) is 0 Å². The number of hydrogen-bond acceptors (Lipinski definition) is 5. The largest absolute Gasteiger partial charge is 0.311 e. The van der Waals surface area contributed by atoms with Crippen molar-refractivity contribution in [2.75, 3.05) is 9.80 Å². The van der Waals surface area contributed by atoms with Gasteiger partial charge in [0, 0.05) is 70.9 Å². The molecule has 12 rings (SSSR count). The minimum Gasteiger partial charge on any atom is -0.311 e. The number of nitrogens with zero attached hydrogens (tertiary/aromatic N) is 4. The fourth-order valence-electron chi connectivity index (χ4n) is 10.9. The Morgan fingerprint density at radius 3 is 1.69 bits per heavy atom. The van der Waals surface area contributed by atoms with E-state index in [0.29, 0.717) is 0 Å². The van der Waals surface area contributed by atoms with Crippen molar-refractivity contribution in [2.45, 2.75) is 128 Å². The smallest absolute Gasteiger partial charge is 0.252 e. The molecule has 8 heteroatoms. The van der Waals surface area contributed by atoms with Gasteiger partial charge in [-0.3, -0.25) is 4.39 Å². The number of rotatable bonds is 4. The molecule has 78 heavy (non-hydrogen) atoms. The van der Waals surface area contributed by atoms with E-state index in [1.54, 1.807) is 6.07 Å². The number of pyridine rings is 2. The topological polar surface area (TPSA) is 32.3 Å². The Labute approximate surface area is 481 Å². The molecule has 3 aliphatic heterocycles. The summed E-state index contributed by atoms with van der Waals surface area (Å²) in [5.41, 5.74) is 25.0. The van der Waals surface area contributed by atoms with Crippen LogP contribution in [-0.2, 0) is 41.8 Å². The van der Waals surface area contributed by atoms with E-state index in [-0.39, 0.29) is 54.3 Å². The summed E-state index contributed by atoms with van der Waals surface area (Å²) < 4.78 is 12.7. The van der Waals surface area contributed by atoms with Crippen molar-refractivity contribution < 1.29 is 24.5 Å². The predicted molar refractivity (Wildman–Crippen MR) is 325 cm³/mol. The van der Waals surface area contributed by atoms with Crippen molar-refractivity contribution >= 4 is 69.0 Å². The number of anilines is 6. The second-order valence-corrected chi connectivity index (χ2v) is 26.4. The van der Waals surface area contributed by atoms with Crippen molar-refractivity contribution in [1.82, 2.24) is 9.97 Å². The van der Waals surface area contributed by atoms with Gasteiger partial charge in [-0.15, -0.1) is 65.7 Å². The molecular weight excluding hydrogens is 1150 g/mol. The van der Waals surface area contributed by atoms with Crippen LogP contribution in [0.1, 0.15) is 116 Å². The van der Waals surface area contributed by atoms with Crippen LogP contribution in [0, 0.1) is 31.8 Å². The molecule has 0 fully saturated rings. The van der Waals surface area contributed by atoms with Crippen LogP contribution in [0.15, 0.2) is 168 Å². The molecule has 0 bridgehead atoms. The monoisotopic (exact) mass is 1220 g/mol. The minimum atomic E-state index is -0.275. The van der Waals surface area contributed by atoms with E-state index < -0.39 is 0 Å². The van der Waals surface area contributed by atoms with Crippen LogP contribution in [0.2, 0.25) is 0 Å². The second kappa shape index (κ2) is 20.3. The minimum absolute atomic E-state index is 0. The fourth-order valence-corrected chi connectivity index (χ4v) is 12.0. The van der Waals surface area contributed by atoms with Gasteiger partial charge in [-0.05, 0) is 151 Å². The van der Waals surface area contributed by atoms with Crippen molar-refractivity contribution in [3.05, 3.63) is 209 Å². The molecule has 9 aromatic rings. The summed E-state index contributed by atoms with van der Waals surface area (Å²) >= 11 is 1.94. The van der Waals surface area contributed by atoms with Crippen LogP contribution >= 0.6 is 11.8 Å². The van der Waals surface area contributed by atoms with E-state index in [1.165, 1.54) is 94.6 Å². The van der Waals surface area contributed by atoms with Gasteiger partial charge in [0.25, 0.3) is 6.71 Å². The van der Waals surface area contributed by atoms with Gasteiger partial charge in [0.1, 0.15) is 0 Å². The van der Waals surface area contributed by atoms with E-state index in [9.17, 15) is 4.39 Å². The molecule has 0 aliphatic carbocycles. The van der Waals surface area contributed by atoms with Crippen LogP contribution in [0.4, 0.5) is 38.5 Å². The zero-order valence-corrected chi connectivity index (χ0v) is 50.7. The summed E-state index contributed by atoms with van der Waals surface area (Å²) in [6.45, 7) is 32.0. The van der Waals surface area contributed by atoms with Gasteiger partial charge in [0.2, 0.25) is 0 Å². The molecule has 0 unspecified atom stereocenters. The average molecular weight is 1220 g/mol. The summed E-state index contributed by atoms with van der Waals surface area (Å²) in [4.78, 5) is 17.1. The van der Waals surface area contributed by atoms with E-state index in [2.05, 4.69) is 213 Å². The first kappa shape index (κ1) is 54.8. The summed E-state index contributed by atoms with van der Waals surface area (Å²) in [6.07, 6.45) is 3.87. The molecule has 3 aliphatic rings. The third kappa shape index (κ3) is 10.2. The Balaban J connectivity index is 0.000000371. The van der Waals surface area contributed by atoms with Gasteiger partial charge in [-0.25, -0.2) is 0 Å². The maximum Gasteiger partial charge on any atom is 0.252 e. The van der Waals surface area contributed by atoms with E-state index in [0.717, 1.165) is 44.9 Å². The van der Waals surface area contributed by atoms with Crippen LogP contribution in [0.25, 0.3) is 33.6 Å². The number of benzene rings is 7. The molecule has 5 heterocycles. The third-order valence-corrected chi connectivity index (χ3v) is 16.7. The fraction of sp³-hybridized carbons (Fsp3) is 0.257. The molecule has 395 valence electrons. The van der Waals surface area contributed by atoms with Gasteiger partial charge in [-0.2, -0.15) is 0 Å². The molecule has 0 atom stereocenters. The molecule has 4 nitrogen and oxygen atoms in total. The number of hydrogen-bond donors (Lipinski definition) is 0. The molecule has 7 aromatic carbocycles. The first-order valence-electron chi connectivity index (χ1n) is 27.0. The molecule has 0 saturated heterocycles. The Morgan fingerprint density at radius 1 is 0.487 bits per heavy atom. The van der Waals surface area contributed by atoms with Gasteiger partial charge < -0.3 is 19.8 Å². The molecule has 2 aromatic heterocycles. The first-order chi connectivity index (χ1) is 36.4. The number of halogens is 1. The third-order valence-electron chi connectivity index (χ3n) is 15.6. The zero-order valence-electron chi connectivity index (χ0n) is 47.5. The quantitative estimate of drug-likeness (QED) is 0.130. The summed E-state index contributed by atoms with van der Waals surface area (Å²) in [6, 6.07) is 58.9.